The lowest BCUT2D eigenvalue weighted by Gasteiger charge is -2.35. The van der Waals surface area contributed by atoms with Crippen LogP contribution >= 0.6 is 0 Å². The quantitative estimate of drug-likeness (QED) is 0.0672. The van der Waals surface area contributed by atoms with Crippen molar-refractivity contribution in [1.82, 2.24) is 47.3 Å². The Hall–Kier alpha value is -18.2. The lowest BCUT2D eigenvalue weighted by molar-refractivity contribution is 0.951. The summed E-state index contributed by atoms with van der Waals surface area (Å²) in [5.41, 5.74) is 19.3. The van der Waals surface area contributed by atoms with Gasteiger partial charge in [0.05, 0.1) is 83.3 Å². The van der Waals surface area contributed by atoms with Crippen LogP contribution in [0.2, 0.25) is 0 Å². The molecule has 140 heavy (non-hydrogen) atoms. The molecular weight excluding hydrogens is 1730 g/mol. The number of aromatic nitrogens is 10. The van der Waals surface area contributed by atoms with Crippen molar-refractivity contribution in [2.45, 2.75) is 0 Å². The van der Waals surface area contributed by atoms with E-state index in [1.807, 2.05) is 0 Å². The normalized spacial score (nSPS) is 12.1. The number of benzene rings is 20. The molecule has 0 aliphatic heterocycles. The molecule has 0 saturated carbocycles. The van der Waals surface area contributed by atoms with Crippen LogP contribution < -0.4 is 41.5 Å². The summed E-state index contributed by atoms with van der Waals surface area (Å²) in [5.74, 6) is 3.33. The second-order valence-corrected chi connectivity index (χ2v) is 44.2. The molecule has 0 bridgehead atoms. The Balaban J connectivity index is 0.653. The number of rotatable bonds is 17. The molecule has 0 amide bonds. The van der Waals surface area contributed by atoms with Crippen molar-refractivity contribution in [3.8, 4) is 68.5 Å². The van der Waals surface area contributed by atoms with Crippen molar-refractivity contribution in [2.24, 2.45) is 0 Å². The van der Waals surface area contributed by atoms with Gasteiger partial charge in [-0.2, -0.15) is 4.98 Å². The second kappa shape index (κ2) is 32.3. The highest BCUT2D eigenvalue weighted by Crippen LogP contribution is 2.45. The molecule has 8 aromatic heterocycles. The first-order valence-electron chi connectivity index (χ1n) is 47.9. The van der Waals surface area contributed by atoms with Gasteiger partial charge in [0, 0.05) is 87.9 Å². The average molecular weight is 1820 g/mol. The van der Waals surface area contributed by atoms with Crippen LogP contribution in [0.1, 0.15) is 0 Å². The Bertz CT molecular complexity index is 8880. The fourth-order valence-electron chi connectivity index (χ4n) is 23.5. The van der Waals surface area contributed by atoms with Gasteiger partial charge in [-0.3, -0.25) is 18.3 Å². The summed E-state index contributed by atoms with van der Waals surface area (Å²) in [7, 11) is -6.31. The molecule has 0 unspecified atom stereocenters. The fourth-order valence-corrected chi connectivity index (χ4v) is 33.0. The minimum absolute atomic E-state index is 0.554. The molecule has 0 N–H and O–H groups in total. The maximum absolute atomic E-state index is 6.06. The number of hydrogen-bond donors (Lipinski definition) is 0. The highest BCUT2D eigenvalue weighted by atomic mass is 28.3. The SMILES string of the molecule is c1ccc([Si](c2ccccc2)(c2ccccc2)c2ccc(-c3cc(-n4c5ccccc5c5cc(-c6ccc7c(c6)c6ccccc6n7-c6cc(-n7c8ccccc8c8ccccc87)nc(-c7ccc([Si](c8ccccc8)(c8ccccc8)c8ccccc8)cc7-n7c8ccccc8c8ccccc87)n6)ccc54)nc(-n4c5ccccc5c5ccccc54)n3)c(-n3c4ccccc4c4ccccc43)c2)cc1. The molecular formula is C128H84N10Si2. The molecule has 0 saturated heterocycles. The van der Waals surface area contributed by atoms with Crippen LogP contribution in [-0.4, -0.2) is 63.5 Å². The topological polar surface area (TPSA) is 81.1 Å². The summed E-state index contributed by atoms with van der Waals surface area (Å²) in [4.78, 5) is 24.0. The zero-order valence-corrected chi connectivity index (χ0v) is 78.0. The minimum atomic E-state index is -3.16. The zero-order valence-electron chi connectivity index (χ0n) is 76.0. The van der Waals surface area contributed by atoms with E-state index in [1.54, 1.807) is 0 Å². The van der Waals surface area contributed by atoms with Gasteiger partial charge in [-0.05, 0) is 156 Å². The number of fused-ring (bicyclic) bond motifs is 18. The Kier molecular flexibility index (Phi) is 18.5. The van der Waals surface area contributed by atoms with Gasteiger partial charge in [0.1, 0.15) is 17.5 Å². The molecule has 0 aliphatic rings. The van der Waals surface area contributed by atoms with E-state index in [0.29, 0.717) is 11.8 Å². The lowest BCUT2D eigenvalue weighted by atomic mass is 10.0. The van der Waals surface area contributed by atoms with Crippen molar-refractivity contribution >= 4 is 188 Å². The smallest absolute Gasteiger partial charge is 0.237 e. The van der Waals surface area contributed by atoms with Crippen molar-refractivity contribution in [3.63, 3.8) is 0 Å². The van der Waals surface area contributed by atoms with Crippen LogP contribution in [0, 0.1) is 0 Å². The third-order valence-corrected chi connectivity index (χ3v) is 38.9. The van der Waals surface area contributed by atoms with E-state index in [9.17, 15) is 0 Å². The van der Waals surface area contributed by atoms with Gasteiger partial charge in [0.15, 0.2) is 22.0 Å². The Morgan fingerprint density at radius 3 is 0.686 bits per heavy atom. The molecule has 0 radical (unpaired) electrons. The minimum Gasteiger partial charge on any atom is -0.309 e. The first-order chi connectivity index (χ1) is 69.5. The summed E-state index contributed by atoms with van der Waals surface area (Å²) >= 11 is 0. The Morgan fingerprint density at radius 2 is 0.386 bits per heavy atom. The van der Waals surface area contributed by atoms with Crippen LogP contribution in [0.3, 0.4) is 0 Å². The van der Waals surface area contributed by atoms with Crippen molar-refractivity contribution in [1.29, 1.82) is 0 Å². The molecule has 12 heteroatoms. The zero-order chi connectivity index (χ0) is 92.1. The summed E-state index contributed by atoms with van der Waals surface area (Å²) < 4.78 is 14.3. The monoisotopic (exact) mass is 1820 g/mol. The Morgan fingerprint density at radius 1 is 0.150 bits per heavy atom. The molecule has 8 heterocycles. The van der Waals surface area contributed by atoms with E-state index in [4.69, 9.17) is 19.9 Å². The van der Waals surface area contributed by atoms with Crippen LogP contribution in [0.5, 0.6) is 0 Å². The molecule has 0 spiro atoms. The highest BCUT2D eigenvalue weighted by molar-refractivity contribution is 7.20. The molecule has 0 aliphatic carbocycles. The van der Waals surface area contributed by atoms with E-state index in [-0.39, 0.29) is 0 Å². The number of hydrogen-bond acceptors (Lipinski definition) is 4. The third kappa shape index (κ3) is 12.2. The van der Waals surface area contributed by atoms with E-state index in [1.165, 1.54) is 52.3 Å². The van der Waals surface area contributed by atoms with Crippen molar-refractivity contribution in [3.05, 3.63) is 510 Å². The van der Waals surface area contributed by atoms with E-state index in [2.05, 4.69) is 537 Å². The predicted molar refractivity (Wildman–Crippen MR) is 587 cm³/mol. The highest BCUT2D eigenvalue weighted by Gasteiger charge is 2.44. The molecule has 0 atom stereocenters. The first-order valence-corrected chi connectivity index (χ1v) is 51.9. The van der Waals surface area contributed by atoms with Gasteiger partial charge in [-0.1, -0.05) is 394 Å². The van der Waals surface area contributed by atoms with E-state index < -0.39 is 16.1 Å². The van der Waals surface area contributed by atoms with E-state index >= 15 is 0 Å². The summed E-state index contributed by atoms with van der Waals surface area (Å²) in [6.45, 7) is 0. The van der Waals surface area contributed by atoms with E-state index in [0.717, 1.165) is 177 Å². The average Bonchev–Trinajstić information content (AvgIpc) is 1.23. The maximum Gasteiger partial charge on any atom is 0.237 e. The predicted octanol–water partition coefficient (Wildman–Crippen LogP) is 25.6. The summed E-state index contributed by atoms with van der Waals surface area (Å²) in [6, 6.07) is 188. The standard InChI is InChI=1S/C128H84N10Si2/c1-7-39-87(40-8-1)139(88-41-9-2-10-42-88,89-43-11-3-12-44-89)93-73-75-105(122(81-93)133-110-61-29-19-51-95(110)96-52-20-30-62-111(96)133)109-83-124(132-128(129-109)138-118-69-37-25-57-101(118)102-58-26-38-70-119(102)138)136-116-67-35-27-59-103(116)107-79-85(71-77-120(107)136)86-72-78-121-108(80-86)104-60-28-36-68-117(104)137(121)126-84-125(135-114-65-33-23-55-99(114)100-56-24-34-66-115(100)135)130-127(131-126)106-76-74-94(82-123(106)134-112-63-31-21-53-97(112)98-54-22-32-64-113(98)134)140(90-45-13-4-14-46-90,91-47-15-5-16-48-91)92-49-17-6-18-50-92/h1-84H. The molecule has 20 aromatic carbocycles. The number of nitrogens with zero attached hydrogens (tertiary/aromatic N) is 10. The van der Waals surface area contributed by atoms with Gasteiger partial charge in [0.2, 0.25) is 5.95 Å². The van der Waals surface area contributed by atoms with Crippen molar-refractivity contribution < 1.29 is 0 Å². The lowest BCUT2D eigenvalue weighted by Crippen LogP contribution is -2.74. The van der Waals surface area contributed by atoms with Gasteiger partial charge < -0.3 is 9.13 Å². The van der Waals surface area contributed by atoms with Gasteiger partial charge in [0.25, 0.3) is 0 Å². The third-order valence-electron chi connectivity index (χ3n) is 29.4. The fraction of sp³-hybridized carbons (Fsp3) is 0. The van der Waals surface area contributed by atoms with Gasteiger partial charge in [-0.25, -0.2) is 15.0 Å². The Labute approximate surface area is 808 Å². The summed E-state index contributed by atoms with van der Waals surface area (Å²) in [6.07, 6.45) is 0. The molecule has 10 nitrogen and oxygen atoms in total. The molecule has 654 valence electrons. The second-order valence-electron chi connectivity index (χ2n) is 36.6. The molecule has 28 aromatic rings. The van der Waals surface area contributed by atoms with Crippen LogP contribution in [0.4, 0.5) is 0 Å². The summed E-state index contributed by atoms with van der Waals surface area (Å²) in [5, 5.41) is 23.8. The van der Waals surface area contributed by atoms with Gasteiger partial charge in [-0.15, -0.1) is 0 Å². The molecule has 28 rings (SSSR count). The molecule has 0 fully saturated rings. The van der Waals surface area contributed by atoms with Crippen LogP contribution in [0.25, 0.3) is 199 Å². The number of para-hydroxylation sites is 10. The van der Waals surface area contributed by atoms with Crippen LogP contribution in [0.15, 0.2) is 510 Å². The largest absolute Gasteiger partial charge is 0.309 e. The van der Waals surface area contributed by atoms with Gasteiger partial charge >= 0.3 is 0 Å². The van der Waals surface area contributed by atoms with Crippen LogP contribution in [-0.2, 0) is 0 Å². The first kappa shape index (κ1) is 80.3. The maximum atomic E-state index is 6.06. The van der Waals surface area contributed by atoms with Crippen molar-refractivity contribution in [2.75, 3.05) is 0 Å².